The van der Waals surface area contributed by atoms with Gasteiger partial charge in [-0.05, 0) is 30.9 Å². The van der Waals surface area contributed by atoms with Gasteiger partial charge in [-0.2, -0.15) is 0 Å². The fourth-order valence-corrected chi connectivity index (χ4v) is 2.35. The monoisotopic (exact) mass is 232 g/mol. The van der Waals surface area contributed by atoms with Crippen LogP contribution in [0.2, 0.25) is 0 Å². The maximum atomic E-state index is 12.2. The van der Waals surface area contributed by atoms with Crippen molar-refractivity contribution in [3.63, 3.8) is 0 Å². The Morgan fingerprint density at radius 1 is 1.59 bits per heavy atom. The second-order valence-corrected chi connectivity index (χ2v) is 4.99. The van der Waals surface area contributed by atoms with Gasteiger partial charge in [-0.3, -0.25) is 9.78 Å². The van der Waals surface area contributed by atoms with E-state index >= 15 is 0 Å². The normalized spacial score (nSPS) is 19.1. The van der Waals surface area contributed by atoms with Crippen molar-refractivity contribution in [1.29, 1.82) is 0 Å². The second kappa shape index (κ2) is 5.41. The molecule has 1 atom stereocenters. The van der Waals surface area contributed by atoms with Crippen molar-refractivity contribution in [3.8, 4) is 0 Å². The third kappa shape index (κ3) is 2.91. The van der Waals surface area contributed by atoms with Crippen LogP contribution >= 0.6 is 0 Å². The van der Waals surface area contributed by atoms with Crippen molar-refractivity contribution in [3.05, 3.63) is 29.6 Å². The molecule has 0 spiro atoms. The lowest BCUT2D eigenvalue weighted by atomic mass is 9.84. The molecule has 0 saturated heterocycles. The minimum Gasteiger partial charge on any atom is -0.308 e. The highest BCUT2D eigenvalue weighted by atomic mass is 16.1. The molecule has 1 aliphatic rings. The molecule has 3 heteroatoms. The van der Waals surface area contributed by atoms with Gasteiger partial charge in [-0.1, -0.05) is 19.9 Å². The largest absolute Gasteiger partial charge is 0.308 e. The van der Waals surface area contributed by atoms with E-state index in [4.69, 9.17) is 0 Å². The number of aryl methyl sites for hydroxylation is 1. The molecule has 0 aliphatic heterocycles. The summed E-state index contributed by atoms with van der Waals surface area (Å²) in [6.07, 6.45) is 4.89. The van der Waals surface area contributed by atoms with Gasteiger partial charge in [0.1, 0.15) is 0 Å². The zero-order valence-corrected chi connectivity index (χ0v) is 10.6. The zero-order valence-electron chi connectivity index (χ0n) is 10.6. The smallest absolute Gasteiger partial charge is 0.155 e. The van der Waals surface area contributed by atoms with E-state index in [1.807, 2.05) is 6.07 Å². The molecule has 0 fully saturated rings. The summed E-state index contributed by atoms with van der Waals surface area (Å²) >= 11 is 0. The lowest BCUT2D eigenvalue weighted by Crippen LogP contribution is -2.33. The van der Waals surface area contributed by atoms with Gasteiger partial charge in [0.15, 0.2) is 5.78 Å². The molecule has 1 aliphatic carbocycles. The minimum atomic E-state index is 0.00574. The summed E-state index contributed by atoms with van der Waals surface area (Å²) in [6, 6.07) is 4.40. The molecule has 17 heavy (non-hydrogen) atoms. The van der Waals surface area contributed by atoms with Crippen LogP contribution < -0.4 is 5.32 Å². The maximum absolute atomic E-state index is 12.2. The second-order valence-electron chi connectivity index (χ2n) is 4.99. The first-order valence-electron chi connectivity index (χ1n) is 6.38. The zero-order chi connectivity index (χ0) is 12.3. The molecule has 0 radical (unpaired) electrons. The molecule has 0 aromatic carbocycles. The Labute approximate surface area is 103 Å². The number of nitrogens with one attached hydrogen (secondary N) is 1. The van der Waals surface area contributed by atoms with Crippen molar-refractivity contribution in [2.75, 3.05) is 6.54 Å². The predicted molar refractivity (Wildman–Crippen MR) is 68.1 cm³/mol. The van der Waals surface area contributed by atoms with E-state index in [1.54, 1.807) is 6.20 Å². The number of carbonyl (C=O) groups is 1. The van der Waals surface area contributed by atoms with Crippen LogP contribution in [0.3, 0.4) is 0 Å². The first-order valence-corrected chi connectivity index (χ1v) is 6.38. The number of carbonyl (C=O) groups excluding carboxylic acids is 1. The average Bonchev–Trinajstić information content (AvgIpc) is 2.35. The number of hydrogen-bond acceptors (Lipinski definition) is 3. The molecule has 1 aromatic heterocycles. The molecule has 1 heterocycles. The van der Waals surface area contributed by atoms with E-state index in [9.17, 15) is 4.79 Å². The van der Waals surface area contributed by atoms with Crippen LogP contribution in [0.15, 0.2) is 18.3 Å². The number of ketones is 1. The van der Waals surface area contributed by atoms with E-state index < -0.39 is 0 Å². The summed E-state index contributed by atoms with van der Waals surface area (Å²) in [5.74, 6) is 0.282. The summed E-state index contributed by atoms with van der Waals surface area (Å²) in [4.78, 5) is 16.6. The summed E-state index contributed by atoms with van der Waals surface area (Å²) in [5.41, 5.74) is 2.26. The maximum Gasteiger partial charge on any atom is 0.155 e. The molecule has 0 amide bonds. The Morgan fingerprint density at radius 2 is 2.41 bits per heavy atom. The van der Waals surface area contributed by atoms with Gasteiger partial charge < -0.3 is 5.32 Å². The van der Waals surface area contributed by atoms with E-state index in [2.05, 4.69) is 30.2 Å². The molecule has 2 rings (SSSR count). The Hall–Kier alpha value is -1.22. The number of aromatic nitrogens is 1. The fraction of sp³-hybridized carbons (Fsp3) is 0.571. The van der Waals surface area contributed by atoms with Crippen molar-refractivity contribution >= 4 is 5.78 Å². The van der Waals surface area contributed by atoms with Gasteiger partial charge in [0, 0.05) is 12.2 Å². The van der Waals surface area contributed by atoms with Crippen LogP contribution in [-0.2, 0) is 11.2 Å². The molecule has 0 bridgehead atoms. The van der Waals surface area contributed by atoms with Crippen molar-refractivity contribution in [2.24, 2.45) is 0 Å². The van der Waals surface area contributed by atoms with Crippen LogP contribution in [0.25, 0.3) is 0 Å². The molecule has 1 aromatic rings. The standard InChI is InChI=1S/C14H20N2O/c1-10(2)16-9-13(17)12-7-3-5-11-6-4-8-15-14(11)12/h4,6,8,10,12,16H,3,5,7,9H2,1-2H3. The third-order valence-corrected chi connectivity index (χ3v) is 3.27. The molecule has 3 nitrogen and oxygen atoms in total. The highest BCUT2D eigenvalue weighted by molar-refractivity contribution is 5.87. The highest BCUT2D eigenvalue weighted by Gasteiger charge is 2.26. The molecule has 1 unspecified atom stereocenters. The number of rotatable bonds is 4. The Kier molecular flexibility index (Phi) is 3.89. The topological polar surface area (TPSA) is 42.0 Å². The van der Waals surface area contributed by atoms with E-state index in [0.29, 0.717) is 12.6 Å². The summed E-state index contributed by atoms with van der Waals surface area (Å²) in [6.45, 7) is 4.57. The molecular weight excluding hydrogens is 212 g/mol. The average molecular weight is 232 g/mol. The lowest BCUT2D eigenvalue weighted by molar-refractivity contribution is -0.120. The fourth-order valence-electron chi connectivity index (χ4n) is 2.35. The van der Waals surface area contributed by atoms with Gasteiger partial charge in [0.2, 0.25) is 0 Å². The lowest BCUT2D eigenvalue weighted by Gasteiger charge is -2.23. The van der Waals surface area contributed by atoms with Crippen LogP contribution in [0, 0.1) is 0 Å². The van der Waals surface area contributed by atoms with Crippen molar-refractivity contribution < 1.29 is 4.79 Å². The number of nitrogens with zero attached hydrogens (tertiary/aromatic N) is 1. The number of Topliss-reactive ketones (excluding diaryl/α,β-unsaturated/α-hetero) is 1. The number of hydrogen-bond donors (Lipinski definition) is 1. The van der Waals surface area contributed by atoms with Crippen LogP contribution in [0.1, 0.15) is 43.9 Å². The third-order valence-electron chi connectivity index (χ3n) is 3.27. The van der Waals surface area contributed by atoms with Crippen LogP contribution in [0.5, 0.6) is 0 Å². The molecule has 92 valence electrons. The SMILES string of the molecule is CC(C)NCC(=O)C1CCCc2cccnc21. The number of pyridine rings is 1. The van der Waals surface area contributed by atoms with Crippen LogP contribution in [0.4, 0.5) is 0 Å². The van der Waals surface area contributed by atoms with Gasteiger partial charge in [-0.15, -0.1) is 0 Å². The first kappa shape index (κ1) is 12.2. The quantitative estimate of drug-likeness (QED) is 0.864. The summed E-state index contributed by atoms with van der Waals surface area (Å²) in [5, 5.41) is 3.20. The summed E-state index contributed by atoms with van der Waals surface area (Å²) in [7, 11) is 0. The Balaban J connectivity index is 2.10. The molecule has 0 saturated carbocycles. The van der Waals surface area contributed by atoms with Gasteiger partial charge in [0.25, 0.3) is 0 Å². The first-order chi connectivity index (χ1) is 8.18. The van der Waals surface area contributed by atoms with Gasteiger partial charge in [-0.25, -0.2) is 0 Å². The van der Waals surface area contributed by atoms with E-state index in [1.165, 1.54) is 5.56 Å². The van der Waals surface area contributed by atoms with Crippen molar-refractivity contribution in [1.82, 2.24) is 10.3 Å². The van der Waals surface area contributed by atoms with Gasteiger partial charge in [0.05, 0.1) is 18.2 Å². The molecular formula is C14H20N2O. The highest BCUT2D eigenvalue weighted by Crippen LogP contribution is 2.30. The minimum absolute atomic E-state index is 0.00574. The van der Waals surface area contributed by atoms with E-state index in [0.717, 1.165) is 25.0 Å². The Morgan fingerprint density at radius 3 is 3.18 bits per heavy atom. The molecule has 1 N–H and O–H groups in total. The Bertz CT molecular complexity index is 401. The number of fused-ring (bicyclic) bond motifs is 1. The van der Waals surface area contributed by atoms with Crippen LogP contribution in [-0.4, -0.2) is 23.4 Å². The van der Waals surface area contributed by atoms with Crippen molar-refractivity contribution in [2.45, 2.75) is 45.1 Å². The van der Waals surface area contributed by atoms with Gasteiger partial charge >= 0.3 is 0 Å². The van der Waals surface area contributed by atoms with E-state index in [-0.39, 0.29) is 11.7 Å². The predicted octanol–water partition coefficient (Wildman–Crippen LogP) is 2.07. The summed E-state index contributed by atoms with van der Waals surface area (Å²) < 4.78 is 0.